The largest absolute Gasteiger partial charge is 0.257 e. The van der Waals surface area contributed by atoms with Crippen molar-refractivity contribution in [2.24, 2.45) is 0 Å². The number of hydrogen-bond acceptors (Lipinski definition) is 1. The Kier molecular flexibility index (Phi) is 3.87. The Labute approximate surface area is 102 Å². The molecule has 0 N–H and O–H groups in total. The maximum atomic E-state index is 4.23. The highest BCUT2D eigenvalue weighted by Crippen LogP contribution is 2.12. The Morgan fingerprint density at radius 3 is 2.47 bits per heavy atom. The van der Waals surface area contributed by atoms with Crippen LogP contribution in [0.1, 0.15) is 18.2 Å². The quantitative estimate of drug-likeness (QED) is 0.708. The Morgan fingerprint density at radius 1 is 1.00 bits per heavy atom. The summed E-state index contributed by atoms with van der Waals surface area (Å²) in [6, 6.07) is 16.2. The molecule has 1 aromatic heterocycles. The van der Waals surface area contributed by atoms with Gasteiger partial charge in [0.15, 0.2) is 0 Å². The van der Waals surface area contributed by atoms with E-state index in [1.54, 1.807) is 6.20 Å². The number of benzene rings is 1. The van der Waals surface area contributed by atoms with Crippen molar-refractivity contribution in [1.29, 1.82) is 0 Å². The molecule has 17 heavy (non-hydrogen) atoms. The normalized spacial score (nSPS) is 11.9. The number of rotatable bonds is 3. The molecule has 0 unspecified atom stereocenters. The first-order chi connectivity index (χ1) is 8.36. The van der Waals surface area contributed by atoms with Gasteiger partial charge >= 0.3 is 0 Å². The standard InChI is InChI=1S/C16H15N/c1-14(15-9-3-2-4-10-15)8-7-12-16-11-5-6-13-17-16/h2-13H,1H3/b12-7+,14-8-. The zero-order chi connectivity index (χ0) is 11.9. The van der Waals surface area contributed by atoms with Crippen molar-refractivity contribution in [2.45, 2.75) is 6.92 Å². The molecule has 0 spiro atoms. The average Bonchev–Trinajstić information content (AvgIpc) is 2.41. The van der Waals surface area contributed by atoms with Gasteiger partial charge in [0.25, 0.3) is 0 Å². The number of hydrogen-bond donors (Lipinski definition) is 0. The monoisotopic (exact) mass is 221 g/mol. The van der Waals surface area contributed by atoms with E-state index in [0.717, 1.165) is 5.69 Å². The van der Waals surface area contributed by atoms with Crippen LogP contribution in [0.3, 0.4) is 0 Å². The molecule has 1 nitrogen and oxygen atoms in total. The summed E-state index contributed by atoms with van der Waals surface area (Å²) in [5.41, 5.74) is 3.47. The van der Waals surface area contributed by atoms with Crippen LogP contribution >= 0.6 is 0 Å². The number of aromatic nitrogens is 1. The summed E-state index contributed by atoms with van der Waals surface area (Å²) in [6.07, 6.45) is 7.94. The average molecular weight is 221 g/mol. The van der Waals surface area contributed by atoms with Crippen LogP contribution in [-0.4, -0.2) is 4.98 Å². The summed E-state index contributed by atoms with van der Waals surface area (Å²) in [5, 5.41) is 0. The Bertz CT molecular complexity index is 510. The van der Waals surface area contributed by atoms with E-state index in [0.29, 0.717) is 0 Å². The lowest BCUT2D eigenvalue weighted by Gasteiger charge is -1.98. The van der Waals surface area contributed by atoms with Gasteiger partial charge in [-0.1, -0.05) is 48.6 Å². The Balaban J connectivity index is 2.09. The van der Waals surface area contributed by atoms with E-state index in [-0.39, 0.29) is 0 Å². The van der Waals surface area contributed by atoms with Gasteiger partial charge < -0.3 is 0 Å². The van der Waals surface area contributed by atoms with E-state index in [4.69, 9.17) is 0 Å². The third-order valence-electron chi connectivity index (χ3n) is 2.53. The van der Waals surface area contributed by atoms with E-state index in [9.17, 15) is 0 Å². The van der Waals surface area contributed by atoms with Gasteiger partial charge in [-0.05, 0) is 36.3 Å². The molecule has 2 aromatic rings. The van der Waals surface area contributed by atoms with Crippen LogP contribution in [0.5, 0.6) is 0 Å². The lowest BCUT2D eigenvalue weighted by molar-refractivity contribution is 1.30. The molecule has 1 heterocycles. The molecule has 0 saturated heterocycles. The molecule has 2 rings (SSSR count). The molecule has 0 aliphatic carbocycles. The van der Waals surface area contributed by atoms with Crippen LogP contribution in [0.25, 0.3) is 11.6 Å². The molecule has 0 aliphatic heterocycles. The van der Waals surface area contributed by atoms with Crippen LogP contribution in [0.15, 0.2) is 66.9 Å². The van der Waals surface area contributed by atoms with Crippen molar-refractivity contribution < 1.29 is 0 Å². The predicted octanol–water partition coefficient (Wildman–Crippen LogP) is 4.20. The topological polar surface area (TPSA) is 12.9 Å². The lowest BCUT2D eigenvalue weighted by Crippen LogP contribution is -1.77. The maximum Gasteiger partial charge on any atom is 0.0629 e. The van der Waals surface area contributed by atoms with Gasteiger partial charge in [-0.3, -0.25) is 4.98 Å². The van der Waals surface area contributed by atoms with Crippen molar-refractivity contribution in [3.05, 3.63) is 78.1 Å². The highest BCUT2D eigenvalue weighted by molar-refractivity contribution is 5.66. The first-order valence-corrected chi connectivity index (χ1v) is 5.68. The third kappa shape index (κ3) is 3.42. The summed E-state index contributed by atoms with van der Waals surface area (Å²) in [4.78, 5) is 4.23. The highest BCUT2D eigenvalue weighted by Gasteiger charge is 1.90. The molecule has 0 atom stereocenters. The van der Waals surface area contributed by atoms with Gasteiger partial charge in [0.2, 0.25) is 0 Å². The molecule has 0 bridgehead atoms. The van der Waals surface area contributed by atoms with E-state index < -0.39 is 0 Å². The van der Waals surface area contributed by atoms with Crippen LogP contribution < -0.4 is 0 Å². The van der Waals surface area contributed by atoms with E-state index in [1.165, 1.54) is 11.1 Å². The molecule has 0 saturated carbocycles. The van der Waals surface area contributed by atoms with Crippen LogP contribution in [-0.2, 0) is 0 Å². The molecule has 1 heteroatoms. The van der Waals surface area contributed by atoms with Crippen LogP contribution in [0, 0.1) is 0 Å². The first kappa shape index (κ1) is 11.3. The zero-order valence-electron chi connectivity index (χ0n) is 9.88. The minimum Gasteiger partial charge on any atom is -0.257 e. The molecular weight excluding hydrogens is 206 g/mol. The minimum absolute atomic E-state index is 0.976. The van der Waals surface area contributed by atoms with Gasteiger partial charge in [0.1, 0.15) is 0 Å². The van der Waals surface area contributed by atoms with E-state index in [2.05, 4.69) is 42.2 Å². The van der Waals surface area contributed by atoms with E-state index in [1.807, 2.05) is 36.4 Å². The van der Waals surface area contributed by atoms with E-state index >= 15 is 0 Å². The lowest BCUT2D eigenvalue weighted by atomic mass is 10.1. The fraction of sp³-hybridized carbons (Fsp3) is 0.0625. The zero-order valence-corrected chi connectivity index (χ0v) is 9.88. The van der Waals surface area contributed by atoms with Gasteiger partial charge in [-0.15, -0.1) is 0 Å². The van der Waals surface area contributed by atoms with Crippen LogP contribution in [0.4, 0.5) is 0 Å². The van der Waals surface area contributed by atoms with Gasteiger partial charge in [-0.2, -0.15) is 0 Å². The summed E-state index contributed by atoms with van der Waals surface area (Å²) < 4.78 is 0. The second kappa shape index (κ2) is 5.80. The minimum atomic E-state index is 0.976. The highest BCUT2D eigenvalue weighted by atomic mass is 14.6. The van der Waals surface area contributed by atoms with Gasteiger partial charge in [0.05, 0.1) is 5.69 Å². The first-order valence-electron chi connectivity index (χ1n) is 5.68. The second-order valence-corrected chi connectivity index (χ2v) is 3.83. The number of nitrogens with zero attached hydrogens (tertiary/aromatic N) is 1. The van der Waals surface area contributed by atoms with Crippen molar-refractivity contribution in [3.63, 3.8) is 0 Å². The molecule has 1 aromatic carbocycles. The van der Waals surface area contributed by atoms with Crippen molar-refractivity contribution in [1.82, 2.24) is 4.98 Å². The number of allylic oxidation sites excluding steroid dienone is 3. The van der Waals surface area contributed by atoms with Crippen molar-refractivity contribution in [3.8, 4) is 0 Å². The molecule has 0 aliphatic rings. The molecule has 0 radical (unpaired) electrons. The molecule has 84 valence electrons. The summed E-state index contributed by atoms with van der Waals surface area (Å²) >= 11 is 0. The maximum absolute atomic E-state index is 4.23. The fourth-order valence-corrected chi connectivity index (χ4v) is 1.56. The summed E-state index contributed by atoms with van der Waals surface area (Å²) in [6.45, 7) is 2.11. The molecule has 0 amide bonds. The SMILES string of the molecule is C/C(=C/C=C/c1ccccn1)c1ccccc1. The van der Waals surface area contributed by atoms with Crippen molar-refractivity contribution in [2.75, 3.05) is 0 Å². The van der Waals surface area contributed by atoms with Gasteiger partial charge in [-0.25, -0.2) is 0 Å². The second-order valence-electron chi connectivity index (χ2n) is 3.83. The molecule has 0 fully saturated rings. The molecular formula is C16H15N. The predicted molar refractivity (Wildman–Crippen MR) is 73.4 cm³/mol. The number of pyridine rings is 1. The van der Waals surface area contributed by atoms with Gasteiger partial charge in [0, 0.05) is 6.20 Å². The fourth-order valence-electron chi connectivity index (χ4n) is 1.56. The third-order valence-corrected chi connectivity index (χ3v) is 2.53. The Hall–Kier alpha value is -2.15. The summed E-state index contributed by atoms with van der Waals surface area (Å²) in [7, 11) is 0. The van der Waals surface area contributed by atoms with Crippen molar-refractivity contribution >= 4 is 11.6 Å². The smallest absolute Gasteiger partial charge is 0.0629 e. The summed E-state index contributed by atoms with van der Waals surface area (Å²) in [5.74, 6) is 0. The van der Waals surface area contributed by atoms with Crippen LogP contribution in [0.2, 0.25) is 0 Å². The Morgan fingerprint density at radius 2 is 1.76 bits per heavy atom.